The third kappa shape index (κ3) is 3.14. The van der Waals surface area contributed by atoms with Crippen LogP contribution < -0.4 is 5.32 Å². The molecule has 0 amide bonds. The molecule has 0 bridgehead atoms. The first-order valence-corrected chi connectivity index (χ1v) is 8.00. The fourth-order valence-corrected chi connectivity index (χ4v) is 2.73. The van der Waals surface area contributed by atoms with E-state index in [4.69, 9.17) is 11.6 Å². The molecule has 1 heterocycles. The molecule has 0 spiro atoms. The van der Waals surface area contributed by atoms with Gasteiger partial charge in [-0.15, -0.1) is 0 Å². The largest absolute Gasteiger partial charge is 0.310 e. The first-order chi connectivity index (χ1) is 10.1. The minimum atomic E-state index is 0.481. The van der Waals surface area contributed by atoms with E-state index >= 15 is 0 Å². The van der Waals surface area contributed by atoms with Crippen LogP contribution in [0.4, 0.5) is 0 Å². The summed E-state index contributed by atoms with van der Waals surface area (Å²) in [6, 6.07) is 6.64. The van der Waals surface area contributed by atoms with Crippen LogP contribution in [0.1, 0.15) is 49.4 Å². The Bertz CT molecular complexity index is 641. The number of benzene rings is 1. The van der Waals surface area contributed by atoms with Gasteiger partial charge in [-0.2, -0.15) is 5.10 Å². The highest BCUT2D eigenvalue weighted by Gasteiger charge is 2.30. The Labute approximate surface area is 131 Å². The van der Waals surface area contributed by atoms with E-state index in [1.807, 2.05) is 19.2 Å². The van der Waals surface area contributed by atoms with Crippen molar-refractivity contribution in [2.24, 2.45) is 0 Å². The van der Waals surface area contributed by atoms with E-state index in [2.05, 4.69) is 41.1 Å². The maximum Gasteiger partial charge on any atom is 0.0664 e. The highest BCUT2D eigenvalue weighted by Crippen LogP contribution is 2.42. The van der Waals surface area contributed by atoms with Gasteiger partial charge in [-0.05, 0) is 37.5 Å². The van der Waals surface area contributed by atoms with Crippen molar-refractivity contribution in [3.8, 4) is 5.69 Å². The minimum absolute atomic E-state index is 0.481. The normalized spacial score (nSPS) is 14.9. The van der Waals surface area contributed by atoms with Crippen molar-refractivity contribution in [3.05, 3.63) is 46.2 Å². The van der Waals surface area contributed by atoms with Gasteiger partial charge in [0.05, 0.1) is 17.6 Å². The number of rotatable bonds is 5. The number of aromatic nitrogens is 2. The monoisotopic (exact) mass is 303 g/mol. The van der Waals surface area contributed by atoms with Crippen LogP contribution in [0, 0.1) is 6.92 Å². The molecule has 0 radical (unpaired) electrons. The number of aryl methyl sites for hydroxylation is 1. The van der Waals surface area contributed by atoms with E-state index in [0.29, 0.717) is 12.0 Å². The minimum Gasteiger partial charge on any atom is -0.310 e. The smallest absolute Gasteiger partial charge is 0.0664 e. The predicted molar refractivity (Wildman–Crippen MR) is 87.3 cm³/mol. The average molecular weight is 304 g/mol. The van der Waals surface area contributed by atoms with E-state index in [0.717, 1.165) is 22.8 Å². The summed E-state index contributed by atoms with van der Waals surface area (Å²) in [4.78, 5) is 0. The Morgan fingerprint density at radius 1 is 1.38 bits per heavy atom. The number of hydrogen-bond donors (Lipinski definition) is 1. The Balaban J connectivity index is 1.96. The van der Waals surface area contributed by atoms with Crippen LogP contribution in [0.3, 0.4) is 0 Å². The van der Waals surface area contributed by atoms with Gasteiger partial charge in [0.2, 0.25) is 0 Å². The predicted octanol–water partition coefficient (Wildman–Crippen LogP) is 4.21. The molecule has 0 aliphatic heterocycles. The van der Waals surface area contributed by atoms with Gasteiger partial charge < -0.3 is 5.32 Å². The van der Waals surface area contributed by atoms with Crippen molar-refractivity contribution >= 4 is 11.6 Å². The molecule has 0 atom stereocenters. The van der Waals surface area contributed by atoms with E-state index in [1.54, 1.807) is 0 Å². The van der Waals surface area contributed by atoms with Crippen molar-refractivity contribution in [1.82, 2.24) is 15.1 Å². The number of nitrogens with one attached hydrogen (secondary N) is 1. The standard InChI is InChI=1S/C17H22ClN3/c1-11(2)19-9-14-10-20-21(17(14)13-5-6-13)15-7-4-12(3)16(18)8-15/h4,7-8,10-11,13,19H,5-6,9H2,1-3H3. The number of hydrogen-bond acceptors (Lipinski definition) is 2. The second kappa shape index (κ2) is 5.82. The second-order valence-electron chi connectivity index (χ2n) is 6.21. The third-order valence-corrected chi connectivity index (χ3v) is 4.36. The molecule has 1 fully saturated rings. The van der Waals surface area contributed by atoms with Gasteiger partial charge in [0.25, 0.3) is 0 Å². The molecule has 1 saturated carbocycles. The maximum absolute atomic E-state index is 6.27. The molecule has 3 nitrogen and oxygen atoms in total. The van der Waals surface area contributed by atoms with Gasteiger partial charge in [-0.1, -0.05) is 31.5 Å². The van der Waals surface area contributed by atoms with Gasteiger partial charge in [-0.3, -0.25) is 0 Å². The lowest BCUT2D eigenvalue weighted by atomic mass is 10.1. The molecule has 112 valence electrons. The molecule has 1 N–H and O–H groups in total. The van der Waals surface area contributed by atoms with Crippen molar-refractivity contribution in [1.29, 1.82) is 0 Å². The number of nitrogens with zero attached hydrogens (tertiary/aromatic N) is 2. The van der Waals surface area contributed by atoms with Crippen LogP contribution in [0.2, 0.25) is 5.02 Å². The lowest BCUT2D eigenvalue weighted by Gasteiger charge is -2.12. The highest BCUT2D eigenvalue weighted by molar-refractivity contribution is 6.31. The Kier molecular flexibility index (Phi) is 4.05. The summed E-state index contributed by atoms with van der Waals surface area (Å²) in [5.74, 6) is 0.650. The van der Waals surface area contributed by atoms with E-state index < -0.39 is 0 Å². The lowest BCUT2D eigenvalue weighted by Crippen LogP contribution is -2.22. The van der Waals surface area contributed by atoms with E-state index in [-0.39, 0.29) is 0 Å². The van der Waals surface area contributed by atoms with E-state index in [9.17, 15) is 0 Å². The second-order valence-corrected chi connectivity index (χ2v) is 6.62. The van der Waals surface area contributed by atoms with Crippen LogP contribution in [0.25, 0.3) is 5.69 Å². The zero-order chi connectivity index (χ0) is 15.0. The summed E-state index contributed by atoms with van der Waals surface area (Å²) in [7, 11) is 0. The quantitative estimate of drug-likeness (QED) is 0.896. The van der Waals surface area contributed by atoms with Crippen molar-refractivity contribution < 1.29 is 0 Å². The van der Waals surface area contributed by atoms with Crippen molar-refractivity contribution in [2.45, 2.75) is 52.1 Å². The Hall–Kier alpha value is -1.32. The third-order valence-electron chi connectivity index (χ3n) is 3.95. The lowest BCUT2D eigenvalue weighted by molar-refractivity contribution is 0.585. The molecule has 1 aliphatic carbocycles. The van der Waals surface area contributed by atoms with Crippen LogP contribution >= 0.6 is 11.6 Å². The van der Waals surface area contributed by atoms with Gasteiger partial charge in [0, 0.05) is 29.1 Å². The van der Waals surface area contributed by atoms with Crippen LogP contribution in [0.5, 0.6) is 0 Å². The van der Waals surface area contributed by atoms with Gasteiger partial charge in [0.1, 0.15) is 0 Å². The molecule has 0 saturated heterocycles. The summed E-state index contributed by atoms with van der Waals surface area (Å²) < 4.78 is 2.07. The molecule has 2 aromatic rings. The van der Waals surface area contributed by atoms with Gasteiger partial charge in [0.15, 0.2) is 0 Å². The Morgan fingerprint density at radius 3 is 2.76 bits per heavy atom. The topological polar surface area (TPSA) is 29.9 Å². The average Bonchev–Trinajstić information content (AvgIpc) is 3.19. The fourth-order valence-electron chi connectivity index (χ4n) is 2.55. The van der Waals surface area contributed by atoms with Crippen LogP contribution in [0.15, 0.2) is 24.4 Å². The molecule has 1 aromatic carbocycles. The first-order valence-electron chi connectivity index (χ1n) is 7.63. The van der Waals surface area contributed by atoms with Crippen LogP contribution in [-0.2, 0) is 6.54 Å². The molecule has 3 rings (SSSR count). The zero-order valence-corrected chi connectivity index (χ0v) is 13.6. The molecular formula is C17H22ClN3. The molecule has 0 unspecified atom stereocenters. The molecule has 1 aromatic heterocycles. The SMILES string of the molecule is Cc1ccc(-n2ncc(CNC(C)C)c2C2CC2)cc1Cl. The van der Waals surface area contributed by atoms with Gasteiger partial charge >= 0.3 is 0 Å². The highest BCUT2D eigenvalue weighted by atomic mass is 35.5. The molecular weight excluding hydrogens is 282 g/mol. The zero-order valence-electron chi connectivity index (χ0n) is 12.9. The van der Waals surface area contributed by atoms with Crippen molar-refractivity contribution in [3.63, 3.8) is 0 Å². The van der Waals surface area contributed by atoms with Crippen LogP contribution in [-0.4, -0.2) is 15.8 Å². The summed E-state index contributed by atoms with van der Waals surface area (Å²) in [6.07, 6.45) is 4.52. The maximum atomic E-state index is 6.27. The summed E-state index contributed by atoms with van der Waals surface area (Å²) in [6.45, 7) is 7.24. The van der Waals surface area contributed by atoms with E-state index in [1.165, 1.54) is 24.1 Å². The van der Waals surface area contributed by atoms with Gasteiger partial charge in [-0.25, -0.2) is 4.68 Å². The molecule has 1 aliphatic rings. The summed E-state index contributed by atoms with van der Waals surface area (Å²) >= 11 is 6.27. The molecule has 21 heavy (non-hydrogen) atoms. The van der Waals surface area contributed by atoms with Crippen molar-refractivity contribution in [2.75, 3.05) is 0 Å². The first kappa shape index (κ1) is 14.6. The summed E-state index contributed by atoms with van der Waals surface area (Å²) in [5.41, 5.74) is 4.82. The fraction of sp³-hybridized carbons (Fsp3) is 0.471. The molecule has 4 heteroatoms. The number of halogens is 1. The summed E-state index contributed by atoms with van der Waals surface area (Å²) in [5, 5.41) is 8.90. The Morgan fingerprint density at radius 2 is 2.14 bits per heavy atom.